The Bertz CT molecular complexity index is 519. The molecule has 1 aromatic carbocycles. The van der Waals surface area contributed by atoms with E-state index < -0.39 is 0 Å². The van der Waals surface area contributed by atoms with Gasteiger partial charge in [-0.05, 0) is 12.1 Å². The molecule has 0 bridgehead atoms. The molecule has 0 amide bonds. The number of aromatic nitrogens is 1. The van der Waals surface area contributed by atoms with Gasteiger partial charge in [-0.1, -0.05) is 55.3 Å². The number of nitrogens with zero attached hydrogens (tertiary/aromatic N) is 1. The molecule has 0 spiro atoms. The topological polar surface area (TPSA) is 22.0 Å². The highest BCUT2D eigenvalue weighted by Crippen LogP contribution is 2.18. The number of halogens is 2. The molecule has 2 nitrogen and oxygen atoms in total. The molecule has 0 N–H and O–H groups in total. The summed E-state index contributed by atoms with van der Waals surface area (Å²) in [5.41, 5.74) is 1.03. The molecule has 0 fully saturated rings. The number of fused-ring (bicyclic) bond motifs is 1. The Hall–Kier alpha value is -0.130. The first-order chi connectivity index (χ1) is 7.22. The van der Waals surface area contributed by atoms with Crippen molar-refractivity contribution in [2.75, 3.05) is 5.33 Å². The van der Waals surface area contributed by atoms with E-state index in [4.69, 9.17) is 0 Å². The standard InChI is InChI=1S/C10H9Br2NOS/c11-5-7(12)6-13-8-3-1-2-4-9(8)15-10(13)14/h1-4,7H,5-6H2/t7-/m0/s1. The molecule has 0 aliphatic carbocycles. The Morgan fingerprint density at radius 1 is 1.40 bits per heavy atom. The Kier molecular flexibility index (Phi) is 3.64. The number of rotatable bonds is 3. The molecule has 0 radical (unpaired) electrons. The number of thiazole rings is 1. The van der Waals surface area contributed by atoms with Gasteiger partial charge >= 0.3 is 4.87 Å². The summed E-state index contributed by atoms with van der Waals surface area (Å²) in [6.45, 7) is 0.702. The van der Waals surface area contributed by atoms with Crippen molar-refractivity contribution >= 4 is 53.4 Å². The summed E-state index contributed by atoms with van der Waals surface area (Å²) in [6.07, 6.45) is 0. The van der Waals surface area contributed by atoms with Crippen molar-refractivity contribution < 1.29 is 0 Å². The largest absolute Gasteiger partial charge is 0.308 e. The SMILES string of the molecule is O=c1sc2ccccc2n1C[C@@H](Br)CBr. The van der Waals surface area contributed by atoms with E-state index in [0.717, 1.165) is 15.5 Å². The van der Waals surface area contributed by atoms with Crippen LogP contribution in [0, 0.1) is 0 Å². The molecular weight excluding hydrogens is 342 g/mol. The second-order valence-corrected chi connectivity index (χ2v) is 6.13. The van der Waals surface area contributed by atoms with Gasteiger partial charge in [0.1, 0.15) is 0 Å². The molecule has 1 atom stereocenters. The number of hydrogen-bond acceptors (Lipinski definition) is 2. The zero-order valence-electron chi connectivity index (χ0n) is 7.82. The molecule has 15 heavy (non-hydrogen) atoms. The average molecular weight is 351 g/mol. The van der Waals surface area contributed by atoms with E-state index in [1.807, 2.05) is 28.8 Å². The van der Waals surface area contributed by atoms with Gasteiger partial charge in [-0.2, -0.15) is 0 Å². The molecule has 2 aromatic rings. The molecule has 80 valence electrons. The maximum atomic E-state index is 11.7. The van der Waals surface area contributed by atoms with Gasteiger partial charge in [0.15, 0.2) is 0 Å². The maximum Gasteiger partial charge on any atom is 0.308 e. The average Bonchev–Trinajstić information content (AvgIpc) is 2.55. The predicted octanol–water partition coefficient (Wildman–Crippen LogP) is 3.22. The van der Waals surface area contributed by atoms with Crippen LogP contribution >= 0.6 is 43.2 Å². The van der Waals surface area contributed by atoms with Crippen LogP contribution in [0.15, 0.2) is 29.1 Å². The van der Waals surface area contributed by atoms with E-state index >= 15 is 0 Å². The lowest BCUT2D eigenvalue weighted by molar-refractivity contribution is 0.718. The Balaban J connectivity index is 2.50. The van der Waals surface area contributed by atoms with Crippen molar-refractivity contribution in [2.24, 2.45) is 0 Å². The second-order valence-electron chi connectivity index (χ2n) is 3.20. The van der Waals surface area contributed by atoms with Crippen LogP contribution in [0.2, 0.25) is 0 Å². The van der Waals surface area contributed by atoms with Crippen molar-refractivity contribution in [2.45, 2.75) is 11.4 Å². The Morgan fingerprint density at radius 3 is 2.87 bits per heavy atom. The Morgan fingerprint density at radius 2 is 2.13 bits per heavy atom. The van der Waals surface area contributed by atoms with Crippen molar-refractivity contribution in [3.05, 3.63) is 33.9 Å². The first-order valence-electron chi connectivity index (χ1n) is 4.51. The summed E-state index contributed by atoms with van der Waals surface area (Å²) in [7, 11) is 0. The summed E-state index contributed by atoms with van der Waals surface area (Å²) in [6, 6.07) is 7.89. The van der Waals surface area contributed by atoms with Crippen LogP contribution in [0.25, 0.3) is 10.2 Å². The summed E-state index contributed by atoms with van der Waals surface area (Å²) < 4.78 is 2.87. The van der Waals surface area contributed by atoms with Gasteiger partial charge in [0.2, 0.25) is 0 Å². The third-order valence-electron chi connectivity index (χ3n) is 2.12. The highest BCUT2D eigenvalue weighted by atomic mass is 79.9. The normalized spacial score (nSPS) is 13.2. The number of hydrogen-bond donors (Lipinski definition) is 0. The van der Waals surface area contributed by atoms with E-state index in [-0.39, 0.29) is 9.70 Å². The van der Waals surface area contributed by atoms with Gasteiger partial charge < -0.3 is 0 Å². The van der Waals surface area contributed by atoms with Gasteiger partial charge in [0, 0.05) is 16.7 Å². The number of alkyl halides is 2. The van der Waals surface area contributed by atoms with Gasteiger partial charge in [-0.25, -0.2) is 0 Å². The van der Waals surface area contributed by atoms with E-state index in [1.54, 1.807) is 0 Å². The van der Waals surface area contributed by atoms with Crippen molar-refractivity contribution in [3.8, 4) is 0 Å². The highest BCUT2D eigenvalue weighted by Gasteiger charge is 2.10. The van der Waals surface area contributed by atoms with Crippen molar-refractivity contribution in [1.29, 1.82) is 0 Å². The minimum atomic E-state index is 0.113. The van der Waals surface area contributed by atoms with Crippen LogP contribution in [0.5, 0.6) is 0 Å². The summed E-state index contributed by atoms with van der Waals surface area (Å²) >= 11 is 8.21. The van der Waals surface area contributed by atoms with E-state index in [9.17, 15) is 4.79 Å². The van der Waals surface area contributed by atoms with E-state index in [1.165, 1.54) is 11.3 Å². The van der Waals surface area contributed by atoms with E-state index in [2.05, 4.69) is 31.9 Å². The number of para-hydroxylation sites is 1. The zero-order chi connectivity index (χ0) is 10.8. The molecule has 0 aliphatic rings. The first-order valence-corrected chi connectivity index (χ1v) is 7.36. The number of benzene rings is 1. The molecule has 2 rings (SSSR count). The third-order valence-corrected chi connectivity index (χ3v) is 5.35. The van der Waals surface area contributed by atoms with Gasteiger partial charge in [0.25, 0.3) is 0 Å². The van der Waals surface area contributed by atoms with Crippen LogP contribution in [0.4, 0.5) is 0 Å². The molecule has 1 heterocycles. The molecule has 0 saturated heterocycles. The lowest BCUT2D eigenvalue weighted by Crippen LogP contribution is -2.19. The fourth-order valence-electron chi connectivity index (χ4n) is 1.43. The van der Waals surface area contributed by atoms with Crippen LogP contribution in [-0.4, -0.2) is 14.7 Å². The van der Waals surface area contributed by atoms with Gasteiger partial charge in [0.05, 0.1) is 10.2 Å². The summed E-state index contributed by atoms with van der Waals surface area (Å²) in [5, 5.41) is 0.837. The molecule has 0 aliphatic heterocycles. The highest BCUT2D eigenvalue weighted by molar-refractivity contribution is 9.12. The van der Waals surface area contributed by atoms with Gasteiger partial charge in [-0.3, -0.25) is 9.36 Å². The smallest absolute Gasteiger partial charge is 0.297 e. The molecule has 0 saturated carbocycles. The van der Waals surface area contributed by atoms with Crippen LogP contribution < -0.4 is 4.87 Å². The van der Waals surface area contributed by atoms with Crippen LogP contribution in [-0.2, 0) is 6.54 Å². The van der Waals surface area contributed by atoms with Crippen molar-refractivity contribution in [3.63, 3.8) is 0 Å². The quantitative estimate of drug-likeness (QED) is 0.779. The fourth-order valence-corrected chi connectivity index (χ4v) is 2.83. The lowest BCUT2D eigenvalue weighted by Gasteiger charge is -2.07. The minimum Gasteiger partial charge on any atom is -0.297 e. The molecule has 1 aromatic heterocycles. The second kappa shape index (κ2) is 4.80. The zero-order valence-corrected chi connectivity index (χ0v) is 11.8. The van der Waals surface area contributed by atoms with Gasteiger partial charge in [-0.15, -0.1) is 0 Å². The minimum absolute atomic E-state index is 0.113. The fraction of sp³-hybridized carbons (Fsp3) is 0.300. The van der Waals surface area contributed by atoms with E-state index in [0.29, 0.717) is 6.54 Å². The summed E-state index contributed by atoms with van der Waals surface area (Å²) in [4.78, 5) is 12.1. The third kappa shape index (κ3) is 2.34. The van der Waals surface area contributed by atoms with Crippen LogP contribution in [0.3, 0.4) is 0 Å². The van der Waals surface area contributed by atoms with Crippen molar-refractivity contribution in [1.82, 2.24) is 4.57 Å². The predicted molar refractivity (Wildman–Crippen MR) is 72.6 cm³/mol. The maximum absolute atomic E-state index is 11.7. The Labute approximate surface area is 108 Å². The van der Waals surface area contributed by atoms with Crippen LogP contribution in [0.1, 0.15) is 0 Å². The molecule has 5 heteroatoms. The molecule has 0 unspecified atom stereocenters. The monoisotopic (exact) mass is 349 g/mol. The lowest BCUT2D eigenvalue weighted by atomic mass is 10.3. The molecular formula is C10H9Br2NOS. The first kappa shape index (κ1) is 11.4. The summed E-state index contributed by atoms with van der Waals surface area (Å²) in [5.74, 6) is 0.